The highest BCUT2D eigenvalue weighted by Crippen LogP contribution is 2.22. The van der Waals surface area contributed by atoms with Gasteiger partial charge >= 0.3 is 0 Å². The number of aryl methyl sites for hydroxylation is 1. The second-order valence-electron chi connectivity index (χ2n) is 7.64. The standard InChI is InChI=1S/C23H18FN5O3S/c1-29-21-16(11-20(22(29)30)33(31,32)13-14-2-4-17(24)5-3-14)12-26-23(28-21)27-18-6-7-19-15(10-18)8-9-25-19/h2-12,25H,13H2,1H3,(H,26,27,28). The van der Waals surface area contributed by atoms with E-state index < -0.39 is 27.0 Å². The van der Waals surface area contributed by atoms with Crippen molar-refractivity contribution in [3.05, 3.63) is 88.7 Å². The summed E-state index contributed by atoms with van der Waals surface area (Å²) in [5, 5.41) is 4.53. The van der Waals surface area contributed by atoms with Gasteiger partial charge < -0.3 is 10.3 Å². The first-order valence-electron chi connectivity index (χ1n) is 9.98. The summed E-state index contributed by atoms with van der Waals surface area (Å²) in [7, 11) is -2.51. The first-order valence-corrected chi connectivity index (χ1v) is 11.6. The highest BCUT2D eigenvalue weighted by molar-refractivity contribution is 7.90. The summed E-state index contributed by atoms with van der Waals surface area (Å²) in [5.41, 5.74) is 1.75. The van der Waals surface area contributed by atoms with E-state index in [-0.39, 0.29) is 10.8 Å². The molecule has 0 radical (unpaired) electrons. The molecule has 0 aliphatic rings. The monoisotopic (exact) mass is 463 g/mol. The van der Waals surface area contributed by atoms with Crippen molar-refractivity contribution in [1.82, 2.24) is 19.5 Å². The SMILES string of the molecule is Cn1c(=O)c(S(=O)(=O)Cc2ccc(F)cc2)cc2cnc(Nc3ccc4[nH]ccc4c3)nc21. The molecule has 166 valence electrons. The number of pyridine rings is 1. The highest BCUT2D eigenvalue weighted by Gasteiger charge is 2.22. The van der Waals surface area contributed by atoms with Crippen LogP contribution in [0, 0.1) is 5.82 Å². The second kappa shape index (κ2) is 7.82. The normalized spacial score (nSPS) is 11.8. The minimum Gasteiger partial charge on any atom is -0.361 e. The summed E-state index contributed by atoms with van der Waals surface area (Å²) in [5.74, 6) is -0.613. The Hall–Kier alpha value is -4.05. The molecule has 0 amide bonds. The number of hydrogen-bond donors (Lipinski definition) is 2. The Labute approximate surface area is 187 Å². The predicted octanol–water partition coefficient (Wildman–Crippen LogP) is 3.67. The van der Waals surface area contributed by atoms with E-state index in [2.05, 4.69) is 20.3 Å². The van der Waals surface area contributed by atoms with E-state index in [1.54, 1.807) is 0 Å². The fraction of sp³-hybridized carbons (Fsp3) is 0.0870. The zero-order chi connectivity index (χ0) is 23.2. The van der Waals surface area contributed by atoms with Crippen LogP contribution in [0.15, 0.2) is 76.7 Å². The van der Waals surface area contributed by atoms with Crippen LogP contribution in [0.2, 0.25) is 0 Å². The van der Waals surface area contributed by atoms with E-state index >= 15 is 0 Å². The number of benzene rings is 2. The number of sulfone groups is 1. The van der Waals surface area contributed by atoms with Gasteiger partial charge in [-0.3, -0.25) is 9.36 Å². The number of halogens is 1. The van der Waals surface area contributed by atoms with Crippen LogP contribution < -0.4 is 10.9 Å². The van der Waals surface area contributed by atoms with Crippen LogP contribution >= 0.6 is 0 Å². The molecule has 0 atom stereocenters. The second-order valence-corrected chi connectivity index (χ2v) is 9.59. The Morgan fingerprint density at radius 2 is 1.85 bits per heavy atom. The summed E-state index contributed by atoms with van der Waals surface area (Å²) in [6.07, 6.45) is 3.31. The van der Waals surface area contributed by atoms with E-state index in [1.807, 2.05) is 30.5 Å². The van der Waals surface area contributed by atoms with Gasteiger partial charge in [-0.05, 0) is 48.0 Å². The van der Waals surface area contributed by atoms with E-state index in [0.717, 1.165) is 16.6 Å². The van der Waals surface area contributed by atoms with Crippen molar-refractivity contribution in [3.8, 4) is 0 Å². The molecule has 0 aliphatic carbocycles. The van der Waals surface area contributed by atoms with E-state index in [9.17, 15) is 17.6 Å². The third-order valence-corrected chi connectivity index (χ3v) is 7.01. The van der Waals surface area contributed by atoms with Gasteiger partial charge in [0.25, 0.3) is 5.56 Å². The van der Waals surface area contributed by atoms with Crippen LogP contribution in [0.1, 0.15) is 5.56 Å². The van der Waals surface area contributed by atoms with Crippen LogP contribution in [0.3, 0.4) is 0 Å². The molecule has 0 aliphatic heterocycles. The number of fused-ring (bicyclic) bond motifs is 2. The Kier molecular flexibility index (Phi) is 4.94. The van der Waals surface area contributed by atoms with Gasteiger partial charge in [-0.2, -0.15) is 4.98 Å². The number of H-pyrrole nitrogens is 1. The summed E-state index contributed by atoms with van der Waals surface area (Å²) >= 11 is 0. The zero-order valence-corrected chi connectivity index (χ0v) is 18.2. The molecule has 5 aromatic rings. The van der Waals surface area contributed by atoms with Crippen molar-refractivity contribution in [2.45, 2.75) is 10.6 Å². The third kappa shape index (κ3) is 3.96. The molecule has 0 spiro atoms. The van der Waals surface area contributed by atoms with Gasteiger partial charge in [0.15, 0.2) is 9.84 Å². The summed E-state index contributed by atoms with van der Waals surface area (Å²) in [6, 6.07) is 14.1. The molecule has 0 saturated carbocycles. The minimum atomic E-state index is -3.97. The lowest BCUT2D eigenvalue weighted by Crippen LogP contribution is -2.25. The lowest BCUT2D eigenvalue weighted by Gasteiger charge is -2.11. The van der Waals surface area contributed by atoms with Gasteiger partial charge in [0, 0.05) is 41.4 Å². The van der Waals surface area contributed by atoms with Crippen LogP contribution in [0.4, 0.5) is 16.0 Å². The average molecular weight is 463 g/mol. The molecule has 10 heteroatoms. The predicted molar refractivity (Wildman–Crippen MR) is 124 cm³/mol. The third-order valence-electron chi connectivity index (χ3n) is 5.33. The van der Waals surface area contributed by atoms with Gasteiger partial charge in [-0.1, -0.05) is 12.1 Å². The zero-order valence-electron chi connectivity index (χ0n) is 17.4. The Morgan fingerprint density at radius 1 is 1.06 bits per heavy atom. The van der Waals surface area contributed by atoms with Crippen LogP contribution in [0.25, 0.3) is 21.9 Å². The van der Waals surface area contributed by atoms with Gasteiger partial charge in [-0.15, -0.1) is 0 Å². The fourth-order valence-electron chi connectivity index (χ4n) is 3.64. The molecule has 33 heavy (non-hydrogen) atoms. The van der Waals surface area contributed by atoms with Crippen molar-refractivity contribution >= 4 is 43.4 Å². The summed E-state index contributed by atoms with van der Waals surface area (Å²) in [4.78, 5) is 24.4. The number of nitrogens with zero attached hydrogens (tertiary/aromatic N) is 3. The largest absolute Gasteiger partial charge is 0.361 e. The van der Waals surface area contributed by atoms with Crippen molar-refractivity contribution in [3.63, 3.8) is 0 Å². The molecular weight excluding hydrogens is 445 g/mol. The Morgan fingerprint density at radius 3 is 2.64 bits per heavy atom. The first-order chi connectivity index (χ1) is 15.8. The molecule has 8 nitrogen and oxygen atoms in total. The highest BCUT2D eigenvalue weighted by atomic mass is 32.2. The minimum absolute atomic E-state index is 0.273. The molecule has 3 aromatic heterocycles. The lowest BCUT2D eigenvalue weighted by molar-refractivity contribution is 0.592. The Balaban J connectivity index is 1.50. The number of nitrogens with one attached hydrogen (secondary N) is 2. The van der Waals surface area contributed by atoms with Crippen LogP contribution in [-0.2, 0) is 22.6 Å². The number of aromatic nitrogens is 4. The molecule has 0 bridgehead atoms. The van der Waals surface area contributed by atoms with Crippen molar-refractivity contribution in [1.29, 1.82) is 0 Å². The summed E-state index contributed by atoms with van der Waals surface area (Å²) < 4.78 is 40.2. The van der Waals surface area contributed by atoms with Crippen LogP contribution in [-0.4, -0.2) is 27.9 Å². The van der Waals surface area contributed by atoms with Gasteiger partial charge in [0.05, 0.1) is 5.75 Å². The quantitative estimate of drug-likeness (QED) is 0.412. The van der Waals surface area contributed by atoms with Gasteiger partial charge in [0.2, 0.25) is 5.95 Å². The summed E-state index contributed by atoms with van der Waals surface area (Å²) in [6.45, 7) is 0. The molecule has 3 heterocycles. The molecule has 2 aromatic carbocycles. The maximum absolute atomic E-state index is 13.1. The fourth-order valence-corrected chi connectivity index (χ4v) is 5.13. The first kappa shape index (κ1) is 20.8. The molecular formula is C23H18FN5O3S. The maximum Gasteiger partial charge on any atom is 0.270 e. The molecule has 5 rings (SSSR count). The number of hydrogen-bond acceptors (Lipinski definition) is 6. The average Bonchev–Trinajstić information content (AvgIpc) is 3.26. The van der Waals surface area contributed by atoms with E-state index in [0.29, 0.717) is 16.6 Å². The van der Waals surface area contributed by atoms with E-state index in [1.165, 1.54) is 48.1 Å². The maximum atomic E-state index is 13.1. The molecule has 0 unspecified atom stereocenters. The Bertz CT molecular complexity index is 1670. The lowest BCUT2D eigenvalue weighted by atomic mass is 10.2. The van der Waals surface area contributed by atoms with Crippen molar-refractivity contribution in [2.75, 3.05) is 5.32 Å². The molecule has 0 fully saturated rings. The number of anilines is 2. The van der Waals surface area contributed by atoms with Gasteiger partial charge in [0.1, 0.15) is 16.4 Å². The van der Waals surface area contributed by atoms with Gasteiger partial charge in [-0.25, -0.2) is 17.8 Å². The topological polar surface area (TPSA) is 110 Å². The van der Waals surface area contributed by atoms with E-state index in [4.69, 9.17) is 0 Å². The number of rotatable bonds is 5. The number of aromatic amines is 1. The molecule has 2 N–H and O–H groups in total. The van der Waals surface area contributed by atoms with Crippen molar-refractivity contribution < 1.29 is 12.8 Å². The smallest absolute Gasteiger partial charge is 0.270 e. The molecule has 0 saturated heterocycles. The van der Waals surface area contributed by atoms with Crippen molar-refractivity contribution in [2.24, 2.45) is 7.05 Å². The van der Waals surface area contributed by atoms with Crippen LogP contribution in [0.5, 0.6) is 0 Å².